The fourth-order valence-corrected chi connectivity index (χ4v) is 3.25. The summed E-state index contributed by atoms with van der Waals surface area (Å²) in [6.45, 7) is 1.34. The van der Waals surface area contributed by atoms with Crippen molar-refractivity contribution in [1.82, 2.24) is 24.4 Å². The van der Waals surface area contributed by atoms with Crippen molar-refractivity contribution < 1.29 is 14.6 Å². The Bertz CT molecular complexity index is 1200. The molecule has 4 aromatic rings. The molecule has 0 saturated heterocycles. The molecule has 0 unspecified atom stereocenters. The molecule has 9 heteroatoms. The number of nitrogens with one attached hydrogen (secondary N) is 1. The van der Waals surface area contributed by atoms with Crippen LogP contribution in [0.15, 0.2) is 66.0 Å². The van der Waals surface area contributed by atoms with Crippen LogP contribution >= 0.6 is 0 Å². The summed E-state index contributed by atoms with van der Waals surface area (Å²) < 4.78 is 7.58. The molecule has 0 saturated carbocycles. The van der Waals surface area contributed by atoms with Crippen LogP contribution in [0.25, 0.3) is 27.8 Å². The van der Waals surface area contributed by atoms with Crippen molar-refractivity contribution in [2.75, 3.05) is 27.2 Å². The smallest absolute Gasteiger partial charge is 0.290 e. The molecule has 0 bridgehead atoms. The van der Waals surface area contributed by atoms with E-state index in [1.165, 1.54) is 6.33 Å². The van der Waals surface area contributed by atoms with E-state index in [0.717, 1.165) is 29.8 Å². The van der Waals surface area contributed by atoms with E-state index in [1.807, 2.05) is 67.3 Å². The fraction of sp³-hybridized carbons (Fsp3) is 0.217. The zero-order chi connectivity index (χ0) is 22.9. The normalized spacial score (nSPS) is 10.6. The van der Waals surface area contributed by atoms with Gasteiger partial charge in [0.25, 0.3) is 12.0 Å². The first-order valence-corrected chi connectivity index (χ1v) is 10.0. The lowest BCUT2D eigenvalue weighted by Crippen LogP contribution is -2.15. The van der Waals surface area contributed by atoms with Gasteiger partial charge in [-0.2, -0.15) is 0 Å². The van der Waals surface area contributed by atoms with Crippen LogP contribution in [0.1, 0.15) is 6.42 Å². The van der Waals surface area contributed by atoms with Crippen molar-refractivity contribution in [3.05, 3.63) is 71.5 Å². The van der Waals surface area contributed by atoms with Gasteiger partial charge < -0.3 is 24.3 Å². The van der Waals surface area contributed by atoms with Crippen LogP contribution in [0.2, 0.25) is 0 Å². The van der Waals surface area contributed by atoms with Gasteiger partial charge in [-0.25, -0.2) is 9.97 Å². The van der Waals surface area contributed by atoms with Gasteiger partial charge in [0, 0.05) is 41.8 Å². The number of pyridine rings is 1. The van der Waals surface area contributed by atoms with Gasteiger partial charge in [-0.05, 0) is 38.7 Å². The first-order chi connectivity index (χ1) is 15.5. The number of aromatic nitrogens is 4. The van der Waals surface area contributed by atoms with E-state index in [9.17, 15) is 4.79 Å². The number of carboxylic acid groups (broad SMARTS) is 1. The number of para-hydroxylation sites is 1. The molecule has 0 spiro atoms. The summed E-state index contributed by atoms with van der Waals surface area (Å²) in [5, 5.41) is 6.89. The number of hydrogen-bond donors (Lipinski definition) is 2. The third-order valence-electron chi connectivity index (χ3n) is 4.66. The highest BCUT2D eigenvalue weighted by atomic mass is 16.5. The molecule has 3 aromatic heterocycles. The highest BCUT2D eigenvalue weighted by molar-refractivity contribution is 5.93. The van der Waals surface area contributed by atoms with Crippen molar-refractivity contribution in [2.45, 2.75) is 6.42 Å². The van der Waals surface area contributed by atoms with Crippen LogP contribution in [-0.4, -0.2) is 63.2 Å². The van der Waals surface area contributed by atoms with E-state index >= 15 is 0 Å². The second-order valence-corrected chi connectivity index (χ2v) is 7.17. The van der Waals surface area contributed by atoms with Gasteiger partial charge in [0.05, 0.1) is 12.9 Å². The molecule has 0 amide bonds. The van der Waals surface area contributed by atoms with Crippen molar-refractivity contribution in [3.63, 3.8) is 0 Å². The van der Waals surface area contributed by atoms with Gasteiger partial charge in [-0.3, -0.25) is 9.59 Å². The Morgan fingerprint density at radius 3 is 2.56 bits per heavy atom. The molecule has 0 aliphatic rings. The molecule has 32 heavy (non-hydrogen) atoms. The number of aromatic amines is 1. The molecule has 0 fully saturated rings. The largest absolute Gasteiger partial charge is 0.483 e. The molecular weight excluding hydrogens is 410 g/mol. The topological polar surface area (TPSA) is 113 Å². The van der Waals surface area contributed by atoms with Crippen molar-refractivity contribution >= 4 is 17.5 Å². The lowest BCUT2D eigenvalue weighted by Gasteiger charge is -2.10. The average Bonchev–Trinajstić information content (AvgIpc) is 3.19. The van der Waals surface area contributed by atoms with Gasteiger partial charge in [-0.15, -0.1) is 0 Å². The second-order valence-electron chi connectivity index (χ2n) is 7.17. The van der Waals surface area contributed by atoms with Gasteiger partial charge in [0.15, 0.2) is 0 Å². The minimum Gasteiger partial charge on any atom is -0.483 e. The molecule has 9 nitrogen and oxygen atoms in total. The molecule has 3 heterocycles. The van der Waals surface area contributed by atoms with Crippen LogP contribution in [0.5, 0.6) is 5.88 Å². The summed E-state index contributed by atoms with van der Waals surface area (Å²) in [6, 6.07) is 13.5. The van der Waals surface area contributed by atoms with Crippen LogP contribution in [-0.2, 0) is 4.79 Å². The highest BCUT2D eigenvalue weighted by Crippen LogP contribution is 2.29. The molecule has 2 N–H and O–H groups in total. The summed E-state index contributed by atoms with van der Waals surface area (Å²) in [7, 11) is 4.08. The second kappa shape index (κ2) is 10.9. The third kappa shape index (κ3) is 5.38. The summed E-state index contributed by atoms with van der Waals surface area (Å²) in [5.74, 6) is 0.588. The first-order valence-electron chi connectivity index (χ1n) is 10.0. The van der Waals surface area contributed by atoms with Crippen molar-refractivity contribution in [3.8, 4) is 22.7 Å². The Hall–Kier alpha value is -3.98. The average molecular weight is 435 g/mol. The predicted octanol–water partition coefficient (Wildman–Crippen LogP) is 2.81. The van der Waals surface area contributed by atoms with Gasteiger partial charge in [0.1, 0.15) is 11.0 Å². The molecule has 1 aromatic carbocycles. The Labute approximate surface area is 184 Å². The number of fused-ring (bicyclic) bond motifs is 1. The number of benzene rings is 1. The Morgan fingerprint density at radius 2 is 1.91 bits per heavy atom. The minimum atomic E-state index is -0.250. The van der Waals surface area contributed by atoms with E-state index in [0.29, 0.717) is 23.5 Å². The standard InChI is InChI=1S/C22H23N5O2.CH2O2/c1-26(2)11-6-12-29-19-10-9-16(13-23-19)18-14-27(17-7-4-3-5-8-17)21-20(18)24-15-25-22(21)28;2-1-3/h3-5,7-10,13-15H,6,11-12H2,1-2H3,(H,24,25,28);1H,(H,2,3). The Balaban J connectivity index is 0.000000913. The maximum Gasteiger partial charge on any atom is 0.290 e. The maximum atomic E-state index is 12.5. The van der Waals surface area contributed by atoms with Crippen LogP contribution in [0.4, 0.5) is 0 Å². The highest BCUT2D eigenvalue weighted by Gasteiger charge is 2.16. The predicted molar refractivity (Wildman–Crippen MR) is 122 cm³/mol. The molecule has 0 aliphatic carbocycles. The van der Waals surface area contributed by atoms with Gasteiger partial charge >= 0.3 is 0 Å². The van der Waals surface area contributed by atoms with Crippen LogP contribution < -0.4 is 10.3 Å². The van der Waals surface area contributed by atoms with Gasteiger partial charge in [-0.1, -0.05) is 18.2 Å². The van der Waals surface area contributed by atoms with E-state index in [4.69, 9.17) is 14.6 Å². The van der Waals surface area contributed by atoms with Crippen molar-refractivity contribution in [1.29, 1.82) is 0 Å². The molecule has 0 atom stereocenters. The number of H-pyrrole nitrogens is 1. The van der Waals surface area contributed by atoms with E-state index in [-0.39, 0.29) is 12.0 Å². The number of nitrogens with zero attached hydrogens (tertiary/aromatic N) is 4. The first kappa shape index (κ1) is 22.7. The molecular formula is C23H25N5O4. The Morgan fingerprint density at radius 1 is 1.16 bits per heavy atom. The third-order valence-corrected chi connectivity index (χ3v) is 4.66. The summed E-state index contributed by atoms with van der Waals surface area (Å²) >= 11 is 0. The quantitative estimate of drug-likeness (QED) is 0.339. The van der Waals surface area contributed by atoms with E-state index in [2.05, 4.69) is 19.9 Å². The van der Waals surface area contributed by atoms with Crippen LogP contribution in [0, 0.1) is 0 Å². The summed E-state index contributed by atoms with van der Waals surface area (Å²) in [4.78, 5) is 34.5. The fourth-order valence-electron chi connectivity index (χ4n) is 3.25. The maximum absolute atomic E-state index is 12.5. The minimum absolute atomic E-state index is 0.182. The SMILES string of the molecule is CN(C)CCCOc1ccc(-c2cn(-c3ccccc3)c3c(=O)[nH]cnc23)cn1.O=CO. The zero-order valence-corrected chi connectivity index (χ0v) is 17.9. The van der Waals surface area contributed by atoms with E-state index in [1.54, 1.807) is 6.20 Å². The summed E-state index contributed by atoms with van der Waals surface area (Å²) in [5.41, 5.74) is 3.59. The lowest BCUT2D eigenvalue weighted by molar-refractivity contribution is -0.122. The number of ether oxygens (including phenoxy) is 1. The summed E-state index contributed by atoms with van der Waals surface area (Å²) in [6.07, 6.45) is 6.05. The number of hydrogen-bond acceptors (Lipinski definition) is 6. The lowest BCUT2D eigenvalue weighted by atomic mass is 10.1. The molecule has 0 radical (unpaired) electrons. The number of carbonyl (C=O) groups is 1. The van der Waals surface area contributed by atoms with Crippen LogP contribution in [0.3, 0.4) is 0 Å². The molecule has 166 valence electrons. The Kier molecular flexibility index (Phi) is 7.71. The monoisotopic (exact) mass is 435 g/mol. The van der Waals surface area contributed by atoms with Gasteiger partial charge in [0.2, 0.25) is 5.88 Å². The van der Waals surface area contributed by atoms with E-state index < -0.39 is 0 Å². The van der Waals surface area contributed by atoms with Crippen molar-refractivity contribution in [2.24, 2.45) is 0 Å². The molecule has 0 aliphatic heterocycles. The number of rotatable bonds is 7. The molecule has 4 rings (SSSR count). The zero-order valence-electron chi connectivity index (χ0n) is 17.9.